The van der Waals surface area contributed by atoms with E-state index in [0.29, 0.717) is 11.5 Å². The molecule has 110 valence electrons. The lowest BCUT2D eigenvalue weighted by molar-refractivity contribution is 0.0692. The molecular formula is C15H21NO4. The molecule has 0 fully saturated rings. The molecule has 0 bridgehead atoms. The van der Waals surface area contributed by atoms with Gasteiger partial charge >= 0.3 is 5.97 Å². The zero-order chi connectivity index (χ0) is 14.9. The maximum atomic E-state index is 11.4. The standard InChI is InChI=1S/C15H21NO4/c1-5-11-13-9(6-7-16(11)2)14(20-4)10(15(17)18)8-12(13)19-3/h8,11H,5-7H2,1-4H3,(H,17,18). The average Bonchev–Trinajstić information content (AvgIpc) is 2.45. The molecule has 1 aromatic carbocycles. The van der Waals surface area contributed by atoms with Crippen LogP contribution in [0.2, 0.25) is 0 Å². The summed E-state index contributed by atoms with van der Waals surface area (Å²) in [4.78, 5) is 13.7. The zero-order valence-electron chi connectivity index (χ0n) is 12.4. The number of methoxy groups -OCH3 is 2. The number of ether oxygens (including phenoxy) is 2. The van der Waals surface area contributed by atoms with Crippen LogP contribution in [0.15, 0.2) is 6.07 Å². The molecule has 1 aromatic rings. The smallest absolute Gasteiger partial charge is 0.339 e. The van der Waals surface area contributed by atoms with Crippen molar-refractivity contribution in [2.24, 2.45) is 0 Å². The topological polar surface area (TPSA) is 59.0 Å². The molecule has 20 heavy (non-hydrogen) atoms. The first kappa shape index (κ1) is 14.7. The van der Waals surface area contributed by atoms with Crippen molar-refractivity contribution < 1.29 is 19.4 Å². The molecule has 0 aliphatic carbocycles. The fourth-order valence-electron chi connectivity index (χ4n) is 3.06. The number of likely N-dealkylation sites (N-methyl/N-ethyl adjacent to an activating group) is 1. The summed E-state index contributed by atoms with van der Waals surface area (Å²) >= 11 is 0. The highest BCUT2D eigenvalue weighted by Crippen LogP contribution is 2.43. The van der Waals surface area contributed by atoms with E-state index < -0.39 is 5.97 Å². The fraction of sp³-hybridized carbons (Fsp3) is 0.533. The van der Waals surface area contributed by atoms with E-state index in [2.05, 4.69) is 18.9 Å². The number of benzene rings is 1. The van der Waals surface area contributed by atoms with Gasteiger partial charge in [0.15, 0.2) is 0 Å². The van der Waals surface area contributed by atoms with E-state index in [-0.39, 0.29) is 11.6 Å². The first-order valence-corrected chi connectivity index (χ1v) is 6.76. The van der Waals surface area contributed by atoms with Gasteiger partial charge in [-0.05, 0) is 26.0 Å². The summed E-state index contributed by atoms with van der Waals surface area (Å²) < 4.78 is 10.8. The Morgan fingerprint density at radius 2 is 2.15 bits per heavy atom. The molecule has 1 atom stereocenters. The van der Waals surface area contributed by atoms with Gasteiger partial charge in [0.25, 0.3) is 0 Å². The summed E-state index contributed by atoms with van der Waals surface area (Å²) in [6, 6.07) is 1.80. The molecule has 0 aromatic heterocycles. The van der Waals surface area contributed by atoms with E-state index in [1.165, 1.54) is 7.11 Å². The van der Waals surface area contributed by atoms with Crippen LogP contribution in [-0.2, 0) is 6.42 Å². The van der Waals surface area contributed by atoms with E-state index in [1.54, 1.807) is 13.2 Å². The van der Waals surface area contributed by atoms with Crippen molar-refractivity contribution >= 4 is 5.97 Å². The molecule has 0 radical (unpaired) electrons. The number of nitrogens with zero attached hydrogens (tertiary/aromatic N) is 1. The Morgan fingerprint density at radius 1 is 1.45 bits per heavy atom. The van der Waals surface area contributed by atoms with Gasteiger partial charge in [0.05, 0.1) is 14.2 Å². The predicted octanol–water partition coefficient (Wildman–Crippen LogP) is 2.34. The van der Waals surface area contributed by atoms with Crippen molar-refractivity contribution in [3.63, 3.8) is 0 Å². The molecule has 0 amide bonds. The zero-order valence-corrected chi connectivity index (χ0v) is 12.4. The minimum atomic E-state index is -0.991. The highest BCUT2D eigenvalue weighted by molar-refractivity contribution is 5.92. The van der Waals surface area contributed by atoms with Crippen LogP contribution in [-0.4, -0.2) is 43.8 Å². The van der Waals surface area contributed by atoms with E-state index in [1.807, 2.05) is 0 Å². The van der Waals surface area contributed by atoms with Crippen molar-refractivity contribution in [1.29, 1.82) is 0 Å². The number of hydrogen-bond acceptors (Lipinski definition) is 4. The van der Waals surface area contributed by atoms with Gasteiger partial charge < -0.3 is 14.6 Å². The number of carboxylic acid groups (broad SMARTS) is 1. The van der Waals surface area contributed by atoms with Gasteiger partial charge in [-0.15, -0.1) is 0 Å². The Balaban J connectivity index is 2.73. The van der Waals surface area contributed by atoms with Crippen LogP contribution in [0.3, 0.4) is 0 Å². The number of aromatic carboxylic acids is 1. The summed E-state index contributed by atoms with van der Waals surface area (Å²) in [5, 5.41) is 9.35. The summed E-state index contributed by atoms with van der Waals surface area (Å²) in [6.07, 6.45) is 1.71. The second-order valence-corrected chi connectivity index (χ2v) is 5.01. The van der Waals surface area contributed by atoms with E-state index in [4.69, 9.17) is 9.47 Å². The van der Waals surface area contributed by atoms with Crippen LogP contribution >= 0.6 is 0 Å². The molecule has 5 nitrogen and oxygen atoms in total. The second kappa shape index (κ2) is 5.71. The van der Waals surface area contributed by atoms with Crippen molar-refractivity contribution in [2.45, 2.75) is 25.8 Å². The van der Waals surface area contributed by atoms with Crippen LogP contribution in [0.25, 0.3) is 0 Å². The number of fused-ring (bicyclic) bond motifs is 1. The minimum absolute atomic E-state index is 0.169. The van der Waals surface area contributed by atoms with Crippen molar-refractivity contribution in [1.82, 2.24) is 4.90 Å². The van der Waals surface area contributed by atoms with Gasteiger partial charge in [-0.2, -0.15) is 0 Å². The highest BCUT2D eigenvalue weighted by atomic mass is 16.5. The SMILES string of the molecule is CCC1c2c(OC)cc(C(=O)O)c(OC)c2CCN1C. The lowest BCUT2D eigenvalue weighted by atomic mass is 9.88. The molecule has 1 heterocycles. The maximum Gasteiger partial charge on any atom is 0.339 e. The number of carboxylic acids is 1. The highest BCUT2D eigenvalue weighted by Gasteiger charge is 2.32. The molecule has 1 aliphatic rings. The Bertz CT molecular complexity index is 527. The Labute approximate surface area is 119 Å². The van der Waals surface area contributed by atoms with Gasteiger partial charge in [0.2, 0.25) is 0 Å². The molecule has 2 rings (SSSR count). The third kappa shape index (κ3) is 2.22. The summed E-state index contributed by atoms with van der Waals surface area (Å²) in [7, 11) is 5.18. The Kier molecular flexibility index (Phi) is 4.18. The predicted molar refractivity (Wildman–Crippen MR) is 75.9 cm³/mol. The summed E-state index contributed by atoms with van der Waals surface area (Å²) in [5.41, 5.74) is 2.20. The third-order valence-corrected chi connectivity index (χ3v) is 4.01. The molecule has 5 heteroatoms. The summed E-state index contributed by atoms with van der Waals surface area (Å²) in [5.74, 6) is 0.117. The summed E-state index contributed by atoms with van der Waals surface area (Å²) in [6.45, 7) is 3.00. The van der Waals surface area contributed by atoms with E-state index in [0.717, 1.165) is 30.5 Å². The van der Waals surface area contributed by atoms with Crippen molar-refractivity contribution in [3.8, 4) is 11.5 Å². The monoisotopic (exact) mass is 279 g/mol. The van der Waals surface area contributed by atoms with Crippen LogP contribution < -0.4 is 9.47 Å². The van der Waals surface area contributed by atoms with Gasteiger partial charge in [-0.1, -0.05) is 6.92 Å². The normalized spacial score (nSPS) is 18.5. The van der Waals surface area contributed by atoms with Crippen LogP contribution in [0.5, 0.6) is 11.5 Å². The maximum absolute atomic E-state index is 11.4. The average molecular weight is 279 g/mol. The molecule has 1 aliphatic heterocycles. The Hall–Kier alpha value is -1.75. The van der Waals surface area contributed by atoms with Crippen LogP contribution in [0.1, 0.15) is 40.9 Å². The van der Waals surface area contributed by atoms with Crippen molar-refractivity contribution in [2.75, 3.05) is 27.8 Å². The first-order chi connectivity index (χ1) is 9.54. The second-order valence-electron chi connectivity index (χ2n) is 5.01. The molecular weight excluding hydrogens is 258 g/mol. The van der Waals surface area contributed by atoms with Gasteiger partial charge in [-0.25, -0.2) is 4.79 Å². The third-order valence-electron chi connectivity index (χ3n) is 4.01. The van der Waals surface area contributed by atoms with Crippen molar-refractivity contribution in [3.05, 3.63) is 22.8 Å². The molecule has 0 spiro atoms. The lowest BCUT2D eigenvalue weighted by Gasteiger charge is -2.36. The first-order valence-electron chi connectivity index (χ1n) is 6.76. The molecule has 0 saturated heterocycles. The fourth-order valence-corrected chi connectivity index (χ4v) is 3.06. The van der Waals surface area contributed by atoms with Gasteiger partial charge in [0, 0.05) is 23.7 Å². The van der Waals surface area contributed by atoms with E-state index in [9.17, 15) is 9.90 Å². The largest absolute Gasteiger partial charge is 0.496 e. The number of carbonyl (C=O) groups is 1. The Morgan fingerprint density at radius 3 is 2.65 bits per heavy atom. The molecule has 0 saturated carbocycles. The molecule has 1 unspecified atom stereocenters. The van der Waals surface area contributed by atoms with Crippen LogP contribution in [0.4, 0.5) is 0 Å². The van der Waals surface area contributed by atoms with Crippen LogP contribution in [0, 0.1) is 0 Å². The number of rotatable bonds is 4. The quantitative estimate of drug-likeness (QED) is 0.916. The lowest BCUT2D eigenvalue weighted by Crippen LogP contribution is -2.32. The molecule has 1 N–H and O–H groups in total. The van der Waals surface area contributed by atoms with E-state index >= 15 is 0 Å². The minimum Gasteiger partial charge on any atom is -0.496 e. The van der Waals surface area contributed by atoms with Gasteiger partial charge in [-0.3, -0.25) is 4.90 Å². The van der Waals surface area contributed by atoms with Gasteiger partial charge in [0.1, 0.15) is 17.1 Å². The number of hydrogen-bond donors (Lipinski definition) is 1.